The number of β-amino-alcohol motifs (C(OH)–C–C–N with tert-alkyl or cyclic N) is 1. The van der Waals surface area contributed by atoms with Crippen LogP contribution in [0.3, 0.4) is 0 Å². The minimum atomic E-state index is -0.712. The summed E-state index contributed by atoms with van der Waals surface area (Å²) in [4.78, 5) is 23.8. The van der Waals surface area contributed by atoms with Crippen LogP contribution >= 0.6 is 11.8 Å². The molecule has 0 aliphatic carbocycles. The van der Waals surface area contributed by atoms with Crippen LogP contribution in [0.25, 0.3) is 0 Å². The van der Waals surface area contributed by atoms with Crippen molar-refractivity contribution in [2.24, 2.45) is 11.7 Å². The minimum Gasteiger partial charge on any atom is -0.386 e. The average molecular weight is 260 g/mol. The Labute approximate surface area is 106 Å². The molecule has 1 heterocycles. The fraction of sp³-hybridized carbons (Fsp3) is 0.818. The third-order valence-electron chi connectivity index (χ3n) is 3.06. The Hall–Kier alpha value is -0.750. The molecule has 3 N–H and O–H groups in total. The molecule has 0 radical (unpaired) electrons. The summed E-state index contributed by atoms with van der Waals surface area (Å²) in [6.45, 7) is 4.74. The second kappa shape index (κ2) is 5.73. The summed E-state index contributed by atoms with van der Waals surface area (Å²) >= 11 is 1.36. The van der Waals surface area contributed by atoms with Gasteiger partial charge in [0.15, 0.2) is 0 Å². The SMILES string of the molecule is CC(C)C1(O)CN(C(=O)CCSCC(N)=O)C1. The van der Waals surface area contributed by atoms with Crippen molar-refractivity contribution in [1.82, 2.24) is 4.90 Å². The average Bonchev–Trinajstić information content (AvgIpc) is 2.18. The lowest BCUT2D eigenvalue weighted by Gasteiger charge is -2.49. The number of thioether (sulfide) groups is 1. The van der Waals surface area contributed by atoms with Gasteiger partial charge in [-0.1, -0.05) is 13.8 Å². The van der Waals surface area contributed by atoms with E-state index in [2.05, 4.69) is 0 Å². The lowest BCUT2D eigenvalue weighted by molar-refractivity contribution is -0.163. The van der Waals surface area contributed by atoms with Crippen LogP contribution in [-0.2, 0) is 9.59 Å². The Morgan fingerprint density at radius 3 is 2.53 bits per heavy atom. The minimum absolute atomic E-state index is 0.0345. The maximum atomic E-state index is 11.7. The molecular formula is C11H20N2O3S. The molecular weight excluding hydrogens is 240 g/mol. The molecule has 2 amide bonds. The maximum Gasteiger partial charge on any atom is 0.227 e. The van der Waals surface area contributed by atoms with Gasteiger partial charge in [-0.3, -0.25) is 9.59 Å². The lowest BCUT2D eigenvalue weighted by atomic mass is 9.83. The second-order valence-electron chi connectivity index (χ2n) is 4.78. The third-order valence-corrected chi connectivity index (χ3v) is 4.04. The van der Waals surface area contributed by atoms with Crippen LogP contribution in [0.15, 0.2) is 0 Å². The topological polar surface area (TPSA) is 83.6 Å². The van der Waals surface area contributed by atoms with Crippen molar-refractivity contribution in [2.45, 2.75) is 25.9 Å². The van der Waals surface area contributed by atoms with Crippen LogP contribution in [0.2, 0.25) is 0 Å². The van der Waals surface area contributed by atoms with E-state index in [1.807, 2.05) is 13.8 Å². The normalized spacial score (nSPS) is 18.0. The number of aliphatic hydroxyl groups is 1. The van der Waals surface area contributed by atoms with Crippen LogP contribution in [0.5, 0.6) is 0 Å². The number of carbonyl (C=O) groups is 2. The Morgan fingerprint density at radius 2 is 2.06 bits per heavy atom. The molecule has 1 rings (SSSR count). The van der Waals surface area contributed by atoms with Gasteiger partial charge in [0, 0.05) is 12.2 Å². The van der Waals surface area contributed by atoms with Crippen molar-refractivity contribution in [1.29, 1.82) is 0 Å². The number of nitrogens with two attached hydrogens (primary N) is 1. The maximum absolute atomic E-state index is 11.7. The fourth-order valence-corrected chi connectivity index (χ4v) is 2.31. The summed E-state index contributed by atoms with van der Waals surface area (Å²) in [5.41, 5.74) is 4.27. The summed E-state index contributed by atoms with van der Waals surface area (Å²) in [6, 6.07) is 0. The lowest BCUT2D eigenvalue weighted by Crippen LogP contribution is -2.66. The molecule has 0 aromatic carbocycles. The standard InChI is InChI=1S/C11H20N2O3S/c1-8(2)11(16)6-13(7-11)10(15)3-4-17-5-9(12)14/h8,16H,3-7H2,1-2H3,(H2,12,14). The second-order valence-corrected chi connectivity index (χ2v) is 5.88. The van der Waals surface area contributed by atoms with Crippen molar-refractivity contribution in [3.63, 3.8) is 0 Å². The molecule has 0 atom stereocenters. The number of likely N-dealkylation sites (tertiary alicyclic amines) is 1. The summed E-state index contributed by atoms with van der Waals surface area (Å²) in [7, 11) is 0. The van der Waals surface area contributed by atoms with E-state index in [4.69, 9.17) is 5.73 Å². The van der Waals surface area contributed by atoms with Crippen LogP contribution in [0.1, 0.15) is 20.3 Å². The molecule has 1 saturated heterocycles. The Kier molecular flexibility index (Phi) is 4.82. The third kappa shape index (κ3) is 3.89. The van der Waals surface area contributed by atoms with Crippen LogP contribution < -0.4 is 5.73 Å². The largest absolute Gasteiger partial charge is 0.386 e. The molecule has 0 spiro atoms. The molecule has 6 heteroatoms. The van der Waals surface area contributed by atoms with E-state index >= 15 is 0 Å². The van der Waals surface area contributed by atoms with E-state index in [9.17, 15) is 14.7 Å². The number of hydrogen-bond donors (Lipinski definition) is 2. The highest BCUT2D eigenvalue weighted by Crippen LogP contribution is 2.29. The molecule has 0 saturated carbocycles. The van der Waals surface area contributed by atoms with E-state index in [1.54, 1.807) is 4.90 Å². The van der Waals surface area contributed by atoms with Crippen molar-refractivity contribution >= 4 is 23.6 Å². The molecule has 1 aliphatic heterocycles. The van der Waals surface area contributed by atoms with Gasteiger partial charge in [-0.15, -0.1) is 0 Å². The number of carbonyl (C=O) groups excluding carboxylic acids is 2. The van der Waals surface area contributed by atoms with Gasteiger partial charge in [-0.2, -0.15) is 11.8 Å². The van der Waals surface area contributed by atoms with Crippen molar-refractivity contribution < 1.29 is 14.7 Å². The van der Waals surface area contributed by atoms with Crippen molar-refractivity contribution in [3.05, 3.63) is 0 Å². The van der Waals surface area contributed by atoms with Crippen LogP contribution in [0.4, 0.5) is 0 Å². The number of hydrogen-bond acceptors (Lipinski definition) is 4. The van der Waals surface area contributed by atoms with E-state index < -0.39 is 5.60 Å². The zero-order valence-electron chi connectivity index (χ0n) is 10.3. The first-order valence-corrected chi connectivity index (χ1v) is 6.87. The highest BCUT2D eigenvalue weighted by Gasteiger charge is 2.45. The predicted molar refractivity (Wildman–Crippen MR) is 67.5 cm³/mol. The van der Waals surface area contributed by atoms with Gasteiger partial charge in [-0.25, -0.2) is 0 Å². The van der Waals surface area contributed by atoms with Crippen LogP contribution in [0, 0.1) is 5.92 Å². The molecule has 0 aromatic rings. The van der Waals surface area contributed by atoms with E-state index in [0.717, 1.165) is 0 Å². The molecule has 0 unspecified atom stereocenters. The van der Waals surface area contributed by atoms with Gasteiger partial charge in [-0.05, 0) is 5.92 Å². The van der Waals surface area contributed by atoms with Gasteiger partial charge < -0.3 is 15.7 Å². The van der Waals surface area contributed by atoms with Crippen molar-refractivity contribution in [2.75, 3.05) is 24.6 Å². The number of amides is 2. The molecule has 5 nitrogen and oxygen atoms in total. The number of primary amides is 1. The van der Waals surface area contributed by atoms with E-state index in [0.29, 0.717) is 25.3 Å². The van der Waals surface area contributed by atoms with Gasteiger partial charge in [0.2, 0.25) is 11.8 Å². The zero-order chi connectivity index (χ0) is 13.1. The first-order valence-electron chi connectivity index (χ1n) is 5.71. The number of rotatable bonds is 6. The van der Waals surface area contributed by atoms with Gasteiger partial charge >= 0.3 is 0 Å². The summed E-state index contributed by atoms with van der Waals surface area (Å²) in [5.74, 6) is 0.686. The molecule has 17 heavy (non-hydrogen) atoms. The van der Waals surface area contributed by atoms with Gasteiger partial charge in [0.1, 0.15) is 5.60 Å². The van der Waals surface area contributed by atoms with Crippen LogP contribution in [-0.4, -0.2) is 52.0 Å². The molecule has 0 aromatic heterocycles. The Bertz CT molecular complexity index is 301. The smallest absolute Gasteiger partial charge is 0.227 e. The van der Waals surface area contributed by atoms with E-state index in [-0.39, 0.29) is 23.5 Å². The summed E-state index contributed by atoms with van der Waals surface area (Å²) in [5, 5.41) is 9.99. The first kappa shape index (κ1) is 14.3. The summed E-state index contributed by atoms with van der Waals surface area (Å²) in [6.07, 6.45) is 0.395. The van der Waals surface area contributed by atoms with Gasteiger partial charge in [0.05, 0.1) is 18.8 Å². The zero-order valence-corrected chi connectivity index (χ0v) is 11.1. The predicted octanol–water partition coefficient (Wildman–Crippen LogP) is -0.176. The highest BCUT2D eigenvalue weighted by atomic mass is 32.2. The molecule has 0 bridgehead atoms. The highest BCUT2D eigenvalue weighted by molar-refractivity contribution is 7.99. The summed E-state index contributed by atoms with van der Waals surface area (Å²) < 4.78 is 0. The Morgan fingerprint density at radius 1 is 1.47 bits per heavy atom. The Balaban J connectivity index is 2.17. The molecule has 98 valence electrons. The monoisotopic (exact) mass is 260 g/mol. The fourth-order valence-electron chi connectivity index (χ4n) is 1.65. The first-order chi connectivity index (χ1) is 7.85. The quantitative estimate of drug-likeness (QED) is 0.649. The van der Waals surface area contributed by atoms with Crippen molar-refractivity contribution in [3.8, 4) is 0 Å². The molecule has 1 aliphatic rings. The molecule has 1 fully saturated rings. The van der Waals surface area contributed by atoms with E-state index in [1.165, 1.54) is 11.8 Å². The number of nitrogens with zero attached hydrogens (tertiary/aromatic N) is 1. The van der Waals surface area contributed by atoms with Gasteiger partial charge in [0.25, 0.3) is 0 Å².